The van der Waals surface area contributed by atoms with E-state index in [4.69, 9.17) is 22.1 Å². The number of amides is 1. The van der Waals surface area contributed by atoms with Gasteiger partial charge in [-0.2, -0.15) is 0 Å². The highest BCUT2D eigenvalue weighted by molar-refractivity contribution is 6.30. The number of piperazine rings is 1. The number of halogens is 3. The zero-order valence-corrected chi connectivity index (χ0v) is 16.0. The Morgan fingerprint density at radius 2 is 1.75 bits per heavy atom. The topological polar surface area (TPSA) is 58.8 Å². The third-order valence-electron chi connectivity index (χ3n) is 3.81. The molecular formula is C16H26Cl3N3O2. The van der Waals surface area contributed by atoms with Crippen LogP contribution in [-0.4, -0.2) is 61.6 Å². The van der Waals surface area contributed by atoms with Gasteiger partial charge in [-0.15, -0.1) is 24.8 Å². The van der Waals surface area contributed by atoms with Gasteiger partial charge in [0.25, 0.3) is 0 Å². The number of hydrogen-bond donors (Lipinski definition) is 1. The molecule has 1 aromatic rings. The minimum Gasteiger partial charge on any atom is -0.492 e. The van der Waals surface area contributed by atoms with E-state index in [9.17, 15) is 4.79 Å². The molecule has 1 aliphatic rings. The van der Waals surface area contributed by atoms with Gasteiger partial charge in [0.05, 0.1) is 0 Å². The van der Waals surface area contributed by atoms with Crippen LogP contribution in [0.1, 0.15) is 12.8 Å². The second-order valence-corrected chi connectivity index (χ2v) is 5.85. The standard InChI is InChI=1S/C16H24ClN3O2.2ClH/c17-14-3-5-15(6-4-14)22-13-12-19-8-10-20(11-9-19)16(21)2-1-7-18;;/h3-6H,1-2,7-13,18H2;2*1H. The monoisotopic (exact) mass is 397 g/mol. The Kier molecular flexibility index (Phi) is 12.2. The molecule has 0 unspecified atom stereocenters. The maximum atomic E-state index is 11.9. The Balaban J connectivity index is 0.00000264. The van der Waals surface area contributed by atoms with Gasteiger partial charge < -0.3 is 15.4 Å². The van der Waals surface area contributed by atoms with Crippen molar-refractivity contribution in [3.05, 3.63) is 29.3 Å². The quantitative estimate of drug-likeness (QED) is 0.766. The van der Waals surface area contributed by atoms with E-state index in [1.807, 2.05) is 29.2 Å². The number of nitrogens with two attached hydrogens (primary N) is 1. The fourth-order valence-electron chi connectivity index (χ4n) is 2.46. The molecule has 24 heavy (non-hydrogen) atoms. The molecule has 1 aromatic carbocycles. The zero-order chi connectivity index (χ0) is 15.8. The summed E-state index contributed by atoms with van der Waals surface area (Å²) in [6.07, 6.45) is 1.34. The number of hydrogen-bond acceptors (Lipinski definition) is 4. The molecule has 0 atom stereocenters. The summed E-state index contributed by atoms with van der Waals surface area (Å²) in [4.78, 5) is 16.2. The number of rotatable bonds is 7. The summed E-state index contributed by atoms with van der Waals surface area (Å²) in [5.41, 5.74) is 5.44. The zero-order valence-electron chi connectivity index (χ0n) is 13.7. The summed E-state index contributed by atoms with van der Waals surface area (Å²) < 4.78 is 5.70. The molecule has 0 radical (unpaired) electrons. The van der Waals surface area contributed by atoms with Crippen LogP contribution in [0.2, 0.25) is 5.02 Å². The summed E-state index contributed by atoms with van der Waals surface area (Å²) >= 11 is 5.84. The van der Waals surface area contributed by atoms with E-state index in [2.05, 4.69) is 4.90 Å². The average molecular weight is 399 g/mol. The first-order valence-electron chi connectivity index (χ1n) is 7.77. The highest BCUT2D eigenvalue weighted by Gasteiger charge is 2.20. The van der Waals surface area contributed by atoms with E-state index < -0.39 is 0 Å². The third kappa shape index (κ3) is 7.90. The first kappa shape index (κ1) is 23.3. The van der Waals surface area contributed by atoms with E-state index >= 15 is 0 Å². The lowest BCUT2D eigenvalue weighted by Crippen LogP contribution is -2.49. The average Bonchev–Trinajstić information content (AvgIpc) is 2.55. The van der Waals surface area contributed by atoms with Gasteiger partial charge in [-0.1, -0.05) is 11.6 Å². The molecule has 1 amide bonds. The second-order valence-electron chi connectivity index (χ2n) is 5.42. The molecule has 1 aliphatic heterocycles. The van der Waals surface area contributed by atoms with Crippen LogP contribution in [0.3, 0.4) is 0 Å². The number of benzene rings is 1. The van der Waals surface area contributed by atoms with Crippen LogP contribution in [0.5, 0.6) is 5.75 Å². The van der Waals surface area contributed by atoms with Gasteiger partial charge in [-0.3, -0.25) is 9.69 Å². The van der Waals surface area contributed by atoms with Crippen LogP contribution in [0.4, 0.5) is 0 Å². The SMILES string of the molecule is Cl.Cl.NCCCC(=O)N1CCN(CCOc2ccc(Cl)cc2)CC1. The van der Waals surface area contributed by atoms with Crippen molar-refractivity contribution >= 4 is 42.3 Å². The highest BCUT2D eigenvalue weighted by Crippen LogP contribution is 2.15. The fraction of sp³-hybridized carbons (Fsp3) is 0.562. The maximum Gasteiger partial charge on any atom is 0.222 e. The minimum atomic E-state index is 0. The van der Waals surface area contributed by atoms with Crippen LogP contribution in [0.25, 0.3) is 0 Å². The highest BCUT2D eigenvalue weighted by atomic mass is 35.5. The molecule has 1 saturated heterocycles. The van der Waals surface area contributed by atoms with Gasteiger partial charge in [-0.25, -0.2) is 0 Å². The number of carbonyl (C=O) groups excluding carboxylic acids is 1. The first-order valence-corrected chi connectivity index (χ1v) is 8.15. The van der Waals surface area contributed by atoms with Crippen molar-refractivity contribution in [3.63, 3.8) is 0 Å². The molecule has 1 fully saturated rings. The van der Waals surface area contributed by atoms with Crippen molar-refractivity contribution in [2.75, 3.05) is 45.9 Å². The largest absolute Gasteiger partial charge is 0.492 e. The number of carbonyl (C=O) groups is 1. The first-order chi connectivity index (χ1) is 10.7. The van der Waals surface area contributed by atoms with E-state index in [0.29, 0.717) is 24.6 Å². The smallest absolute Gasteiger partial charge is 0.222 e. The van der Waals surface area contributed by atoms with Crippen molar-refractivity contribution < 1.29 is 9.53 Å². The minimum absolute atomic E-state index is 0. The van der Waals surface area contributed by atoms with Crippen molar-refractivity contribution in [2.24, 2.45) is 5.73 Å². The molecule has 2 rings (SSSR count). The van der Waals surface area contributed by atoms with Gasteiger partial charge in [0.1, 0.15) is 12.4 Å². The van der Waals surface area contributed by atoms with Crippen LogP contribution in [0.15, 0.2) is 24.3 Å². The predicted molar refractivity (Wildman–Crippen MR) is 103 cm³/mol. The van der Waals surface area contributed by atoms with E-state index in [-0.39, 0.29) is 30.7 Å². The fourth-order valence-corrected chi connectivity index (χ4v) is 2.58. The Bertz CT molecular complexity index is 466. The molecule has 1 heterocycles. The van der Waals surface area contributed by atoms with Crippen LogP contribution in [-0.2, 0) is 4.79 Å². The Morgan fingerprint density at radius 3 is 2.33 bits per heavy atom. The Hall–Kier alpha value is -0.720. The molecule has 5 nitrogen and oxygen atoms in total. The molecule has 0 aliphatic carbocycles. The lowest BCUT2D eigenvalue weighted by Gasteiger charge is -2.34. The summed E-state index contributed by atoms with van der Waals surface area (Å²) in [7, 11) is 0. The van der Waals surface area contributed by atoms with Gasteiger partial charge in [-0.05, 0) is 37.2 Å². The third-order valence-corrected chi connectivity index (χ3v) is 4.06. The second kappa shape index (κ2) is 12.6. The molecular weight excluding hydrogens is 373 g/mol. The molecule has 0 aromatic heterocycles. The van der Waals surface area contributed by atoms with Gasteiger partial charge >= 0.3 is 0 Å². The van der Waals surface area contributed by atoms with Crippen LogP contribution >= 0.6 is 36.4 Å². The molecule has 2 N–H and O–H groups in total. The summed E-state index contributed by atoms with van der Waals surface area (Å²) in [6.45, 7) is 5.48. The predicted octanol–water partition coefficient (Wildman–Crippen LogP) is 2.45. The van der Waals surface area contributed by atoms with Crippen molar-refractivity contribution in [1.29, 1.82) is 0 Å². The Morgan fingerprint density at radius 1 is 1.12 bits per heavy atom. The van der Waals surface area contributed by atoms with Gasteiger partial charge in [0.15, 0.2) is 0 Å². The molecule has 0 spiro atoms. The maximum absolute atomic E-state index is 11.9. The summed E-state index contributed by atoms with van der Waals surface area (Å²) in [5, 5.41) is 0.711. The van der Waals surface area contributed by atoms with Gasteiger partial charge in [0.2, 0.25) is 5.91 Å². The molecule has 0 saturated carbocycles. The van der Waals surface area contributed by atoms with Crippen molar-refractivity contribution in [2.45, 2.75) is 12.8 Å². The van der Waals surface area contributed by atoms with Crippen LogP contribution < -0.4 is 10.5 Å². The van der Waals surface area contributed by atoms with Crippen LogP contribution in [0, 0.1) is 0 Å². The number of ether oxygens (including phenoxy) is 1. The number of nitrogens with zero attached hydrogens (tertiary/aromatic N) is 2. The van der Waals surface area contributed by atoms with Crippen molar-refractivity contribution in [1.82, 2.24) is 9.80 Å². The lowest BCUT2D eigenvalue weighted by atomic mass is 10.2. The Labute approximate surface area is 161 Å². The summed E-state index contributed by atoms with van der Waals surface area (Å²) in [6, 6.07) is 7.39. The normalized spacial score (nSPS) is 14.5. The van der Waals surface area contributed by atoms with E-state index in [0.717, 1.165) is 44.9 Å². The lowest BCUT2D eigenvalue weighted by molar-refractivity contribution is -0.133. The van der Waals surface area contributed by atoms with Crippen molar-refractivity contribution in [3.8, 4) is 5.75 Å². The van der Waals surface area contributed by atoms with Gasteiger partial charge in [0, 0.05) is 44.2 Å². The molecule has 0 bridgehead atoms. The van der Waals surface area contributed by atoms with E-state index in [1.54, 1.807) is 0 Å². The van der Waals surface area contributed by atoms with E-state index in [1.165, 1.54) is 0 Å². The summed E-state index contributed by atoms with van der Waals surface area (Å²) in [5.74, 6) is 1.06. The molecule has 138 valence electrons. The molecule has 8 heteroatoms.